The molecule has 0 radical (unpaired) electrons. The largest absolute Gasteiger partial charge is 0.145 e. The lowest BCUT2D eigenvalue weighted by Gasteiger charge is -2.37. The molecular weight excluding hydrogens is 159 g/mol. The smallest absolute Gasteiger partial charge is 0.0761 e. The SMILES string of the molecule is CC(C)(C)B1CC[Si](C)(C)CC1. The van der Waals surface area contributed by atoms with Gasteiger partial charge in [-0.15, -0.1) is 0 Å². The third-order valence-electron chi connectivity index (χ3n) is 3.56. The molecule has 1 aliphatic heterocycles. The van der Waals surface area contributed by atoms with Gasteiger partial charge in [0.1, 0.15) is 6.71 Å². The first-order valence-electron chi connectivity index (χ1n) is 5.31. The maximum atomic E-state index is 2.55. The minimum atomic E-state index is -0.711. The first-order valence-corrected chi connectivity index (χ1v) is 8.73. The standard InChI is InChI=1S/C10H23BSi/c1-10(2,3)11-6-8-12(4,5)9-7-11/h6-9H2,1-5H3. The summed E-state index contributed by atoms with van der Waals surface area (Å²) in [7, 11) is -0.711. The van der Waals surface area contributed by atoms with E-state index in [9.17, 15) is 0 Å². The van der Waals surface area contributed by atoms with Gasteiger partial charge in [-0.2, -0.15) is 0 Å². The molecule has 0 aromatic carbocycles. The molecular formula is C10H23BSi. The molecule has 0 nitrogen and oxygen atoms in total. The Morgan fingerprint density at radius 3 is 1.75 bits per heavy atom. The molecule has 0 N–H and O–H groups in total. The van der Waals surface area contributed by atoms with Gasteiger partial charge in [0.25, 0.3) is 0 Å². The minimum absolute atomic E-state index is 0.560. The lowest BCUT2D eigenvalue weighted by molar-refractivity contribution is 0.723. The summed E-state index contributed by atoms with van der Waals surface area (Å²) in [6.45, 7) is 13.3. The Bertz CT molecular complexity index is 148. The molecule has 1 rings (SSSR count). The van der Waals surface area contributed by atoms with Gasteiger partial charge in [0, 0.05) is 8.07 Å². The van der Waals surface area contributed by atoms with E-state index in [1.54, 1.807) is 12.1 Å². The molecule has 1 saturated heterocycles. The fraction of sp³-hybridized carbons (Fsp3) is 1.00. The summed E-state index contributed by atoms with van der Waals surface area (Å²) >= 11 is 0. The van der Waals surface area contributed by atoms with Gasteiger partial charge in [0.05, 0.1) is 0 Å². The molecule has 0 unspecified atom stereocenters. The van der Waals surface area contributed by atoms with Crippen LogP contribution < -0.4 is 0 Å². The second-order valence-electron chi connectivity index (χ2n) is 6.30. The van der Waals surface area contributed by atoms with Gasteiger partial charge in [-0.25, -0.2) is 0 Å². The summed E-state index contributed by atoms with van der Waals surface area (Å²) in [4.78, 5) is 0. The number of hydrogen-bond acceptors (Lipinski definition) is 0. The molecule has 1 aliphatic rings. The van der Waals surface area contributed by atoms with Crippen LogP contribution in [-0.2, 0) is 0 Å². The van der Waals surface area contributed by atoms with Gasteiger partial charge in [-0.1, -0.05) is 63.9 Å². The Balaban J connectivity index is 2.47. The van der Waals surface area contributed by atoms with Gasteiger partial charge in [0.2, 0.25) is 0 Å². The molecule has 1 fully saturated rings. The van der Waals surface area contributed by atoms with E-state index in [1.165, 1.54) is 12.6 Å². The average Bonchev–Trinajstić information content (AvgIpc) is 1.83. The Hall–Kier alpha value is 0.282. The van der Waals surface area contributed by atoms with Crippen molar-refractivity contribution in [3.63, 3.8) is 0 Å². The topological polar surface area (TPSA) is 0 Å². The fourth-order valence-electron chi connectivity index (χ4n) is 2.27. The Morgan fingerprint density at radius 2 is 1.42 bits per heavy atom. The van der Waals surface area contributed by atoms with E-state index in [0.717, 1.165) is 6.71 Å². The average molecular weight is 182 g/mol. The van der Waals surface area contributed by atoms with Crippen molar-refractivity contribution in [2.45, 2.75) is 63.9 Å². The van der Waals surface area contributed by atoms with Crippen LogP contribution in [0.25, 0.3) is 0 Å². The summed E-state index contributed by atoms with van der Waals surface area (Å²) in [5.41, 5.74) is 0. The molecule has 1 heterocycles. The van der Waals surface area contributed by atoms with E-state index in [2.05, 4.69) is 33.9 Å². The first kappa shape index (κ1) is 10.4. The van der Waals surface area contributed by atoms with Crippen molar-refractivity contribution in [1.29, 1.82) is 0 Å². The third-order valence-corrected chi connectivity index (χ3v) is 6.85. The van der Waals surface area contributed by atoms with Crippen molar-refractivity contribution in [2.24, 2.45) is 0 Å². The summed E-state index contributed by atoms with van der Waals surface area (Å²) in [6.07, 6.45) is 3.01. The second-order valence-corrected chi connectivity index (χ2v) is 11.6. The van der Waals surface area contributed by atoms with Gasteiger partial charge in [0.15, 0.2) is 0 Å². The van der Waals surface area contributed by atoms with E-state index in [-0.39, 0.29) is 0 Å². The maximum absolute atomic E-state index is 2.55. The van der Waals surface area contributed by atoms with Crippen molar-refractivity contribution in [3.05, 3.63) is 0 Å². The van der Waals surface area contributed by atoms with E-state index in [1.807, 2.05) is 0 Å². The fourth-order valence-corrected chi connectivity index (χ4v) is 4.78. The van der Waals surface area contributed by atoms with E-state index < -0.39 is 8.07 Å². The highest BCUT2D eigenvalue weighted by atomic mass is 28.3. The zero-order chi connectivity index (χ0) is 9.41. The molecule has 0 aromatic heterocycles. The van der Waals surface area contributed by atoms with Gasteiger partial charge < -0.3 is 0 Å². The van der Waals surface area contributed by atoms with Crippen LogP contribution in [0.1, 0.15) is 20.8 Å². The Labute approximate surface area is 79.2 Å². The normalized spacial score (nSPS) is 24.2. The maximum Gasteiger partial charge on any atom is 0.145 e. The Morgan fingerprint density at radius 1 is 1.00 bits per heavy atom. The molecule has 0 spiro atoms. The molecule has 0 aliphatic carbocycles. The van der Waals surface area contributed by atoms with Crippen molar-refractivity contribution in [2.75, 3.05) is 0 Å². The van der Waals surface area contributed by atoms with Gasteiger partial charge >= 0.3 is 0 Å². The molecule has 2 heteroatoms. The van der Waals surface area contributed by atoms with Crippen LogP contribution in [-0.4, -0.2) is 14.8 Å². The summed E-state index contributed by atoms with van der Waals surface area (Å²) in [6, 6.07) is 3.13. The van der Waals surface area contributed by atoms with Crippen LogP contribution in [0.4, 0.5) is 0 Å². The molecule has 12 heavy (non-hydrogen) atoms. The van der Waals surface area contributed by atoms with Crippen LogP contribution in [0.3, 0.4) is 0 Å². The first-order chi connectivity index (χ1) is 5.31. The quantitative estimate of drug-likeness (QED) is 0.496. The summed E-state index contributed by atoms with van der Waals surface area (Å²) in [5.74, 6) is 0. The van der Waals surface area contributed by atoms with Gasteiger partial charge in [-0.3, -0.25) is 0 Å². The number of hydrogen-bond donors (Lipinski definition) is 0. The lowest BCUT2D eigenvalue weighted by Crippen LogP contribution is -2.38. The zero-order valence-corrected chi connectivity index (χ0v) is 10.4. The highest BCUT2D eigenvalue weighted by Gasteiger charge is 2.36. The molecule has 0 amide bonds. The molecule has 0 atom stereocenters. The molecule has 0 bridgehead atoms. The van der Waals surface area contributed by atoms with Crippen molar-refractivity contribution in [3.8, 4) is 0 Å². The minimum Gasteiger partial charge on any atom is -0.0761 e. The second kappa shape index (κ2) is 3.21. The predicted octanol–water partition coefficient (Wildman–Crippen LogP) is 4.00. The van der Waals surface area contributed by atoms with Gasteiger partial charge in [-0.05, 0) is 0 Å². The van der Waals surface area contributed by atoms with Crippen LogP contribution in [0.5, 0.6) is 0 Å². The monoisotopic (exact) mass is 182 g/mol. The van der Waals surface area contributed by atoms with Crippen molar-refractivity contribution in [1.82, 2.24) is 0 Å². The van der Waals surface area contributed by atoms with E-state index in [4.69, 9.17) is 0 Å². The predicted molar refractivity (Wildman–Crippen MR) is 62.2 cm³/mol. The van der Waals surface area contributed by atoms with Crippen molar-refractivity contribution < 1.29 is 0 Å². The molecule has 0 aromatic rings. The summed E-state index contributed by atoms with van der Waals surface area (Å²) < 4.78 is 0. The van der Waals surface area contributed by atoms with Crippen LogP contribution in [0.15, 0.2) is 0 Å². The lowest BCUT2D eigenvalue weighted by atomic mass is 9.32. The van der Waals surface area contributed by atoms with Crippen LogP contribution in [0, 0.1) is 0 Å². The Kier molecular flexibility index (Phi) is 2.77. The highest BCUT2D eigenvalue weighted by molar-refractivity contribution is 6.82. The van der Waals surface area contributed by atoms with Crippen LogP contribution >= 0.6 is 0 Å². The third kappa shape index (κ3) is 2.65. The number of rotatable bonds is 0. The highest BCUT2D eigenvalue weighted by Crippen LogP contribution is 2.40. The molecule has 0 saturated carbocycles. The van der Waals surface area contributed by atoms with E-state index >= 15 is 0 Å². The van der Waals surface area contributed by atoms with Crippen LogP contribution in [0.2, 0.25) is 43.1 Å². The van der Waals surface area contributed by atoms with Crippen molar-refractivity contribution >= 4 is 14.8 Å². The summed E-state index contributed by atoms with van der Waals surface area (Å²) in [5, 5.41) is 0.560. The molecule has 70 valence electrons. The zero-order valence-electron chi connectivity index (χ0n) is 9.41. The van der Waals surface area contributed by atoms with E-state index in [0.29, 0.717) is 5.31 Å².